The average molecular weight is 617 g/mol. The van der Waals surface area contributed by atoms with Gasteiger partial charge in [0.2, 0.25) is 0 Å². The van der Waals surface area contributed by atoms with E-state index < -0.39 is 50.9 Å². The quantitative estimate of drug-likeness (QED) is 0.0938. The van der Waals surface area contributed by atoms with Crippen molar-refractivity contribution in [2.75, 3.05) is 12.3 Å². The van der Waals surface area contributed by atoms with E-state index in [4.69, 9.17) is 36.5 Å². The number of aromatic nitrogens is 4. The van der Waals surface area contributed by atoms with Crippen molar-refractivity contribution in [1.82, 2.24) is 24.6 Å². The number of anilines is 1. The molecule has 222 valence electrons. The number of aliphatic hydroxyl groups excluding tert-OH is 2. The number of nitrogens with zero attached hydrogens (tertiary/aromatic N) is 3. The van der Waals surface area contributed by atoms with Crippen molar-refractivity contribution < 1.29 is 38.1 Å². The van der Waals surface area contributed by atoms with E-state index in [1.807, 2.05) is 18.2 Å². The number of nitrogens with two attached hydrogens (primary N) is 1. The number of aromatic amines is 1. The molecule has 4 aromatic rings. The molecule has 0 bridgehead atoms. The smallest absolute Gasteiger partial charge is 0.459 e. The fraction of sp³-hybridized carbons (Fsp3) is 0.308. The van der Waals surface area contributed by atoms with Crippen LogP contribution in [0.1, 0.15) is 18.7 Å². The highest BCUT2D eigenvalue weighted by molar-refractivity contribution is 7.71. The van der Waals surface area contributed by atoms with Crippen molar-refractivity contribution in [3.8, 4) is 5.75 Å². The molecule has 1 aliphatic heterocycles. The Hall–Kier alpha value is -3.69. The molecule has 2 aromatic carbocycles. The summed E-state index contributed by atoms with van der Waals surface area (Å²) in [6.45, 7) is 0.990. The van der Waals surface area contributed by atoms with Crippen LogP contribution in [0.25, 0.3) is 11.2 Å². The summed E-state index contributed by atoms with van der Waals surface area (Å²) in [6.07, 6.45) is -3.80. The lowest BCUT2D eigenvalue weighted by Crippen LogP contribution is -2.37. The van der Waals surface area contributed by atoms with E-state index >= 15 is 0 Å². The van der Waals surface area contributed by atoms with Gasteiger partial charge < -0.3 is 34.9 Å². The fourth-order valence-corrected chi connectivity index (χ4v) is 6.02. The van der Waals surface area contributed by atoms with E-state index in [-0.39, 0.29) is 22.9 Å². The van der Waals surface area contributed by atoms with Crippen LogP contribution in [0.2, 0.25) is 0 Å². The molecule has 3 heterocycles. The van der Waals surface area contributed by atoms with Crippen molar-refractivity contribution >= 4 is 43.0 Å². The molecular formula is C26H29N6O8PS. The molecule has 42 heavy (non-hydrogen) atoms. The van der Waals surface area contributed by atoms with Crippen molar-refractivity contribution in [2.24, 2.45) is 0 Å². The number of imidazole rings is 1. The number of aliphatic hydroxyl groups is 2. The predicted molar refractivity (Wildman–Crippen MR) is 153 cm³/mol. The molecule has 14 nitrogen and oxygen atoms in total. The Labute approximate surface area is 245 Å². The van der Waals surface area contributed by atoms with E-state index in [2.05, 4.69) is 20.0 Å². The molecule has 2 aromatic heterocycles. The van der Waals surface area contributed by atoms with Gasteiger partial charge in [-0.3, -0.25) is 13.9 Å². The van der Waals surface area contributed by atoms with Gasteiger partial charge in [0.1, 0.15) is 47.9 Å². The molecule has 0 radical (unpaired) electrons. The molecule has 16 heteroatoms. The van der Waals surface area contributed by atoms with Crippen molar-refractivity contribution in [1.29, 1.82) is 0 Å². The second-order valence-electron chi connectivity index (χ2n) is 9.46. The predicted octanol–water partition coefficient (Wildman–Crippen LogP) is 2.62. The second kappa shape index (κ2) is 12.7. The van der Waals surface area contributed by atoms with Gasteiger partial charge in [0.05, 0.1) is 12.9 Å². The number of fused-ring (bicyclic) bond motifs is 1. The van der Waals surface area contributed by atoms with Crippen LogP contribution in [0.15, 0.2) is 67.0 Å². The topological polar surface area (TPSA) is 196 Å². The number of carbonyl (C=O) groups excluding carboxylic acids is 1. The summed E-state index contributed by atoms with van der Waals surface area (Å²) in [7, 11) is -4.27. The standard InChI is InChI=1S/C26H29N6O8PS/c1-15(25(35)37-12-16-8-4-2-5-9-16)31-41(36,40-17-10-6-3-7-11-17)38-13-18-20(33)21(34)24(39-18)32-14-28-19-22(32)29-26(27)30-23(19)42/h2-11,14-15,18,20-21,24,33-34H,12-13H2,1H3,(H,31,36)(H3,27,29,30,42)/t15-,18+,20?,21-,24+,41?/m0/s1. The molecule has 0 amide bonds. The van der Waals surface area contributed by atoms with E-state index in [0.29, 0.717) is 11.2 Å². The highest BCUT2D eigenvalue weighted by Gasteiger charge is 2.46. The maximum Gasteiger partial charge on any atom is 0.459 e. The SMILES string of the molecule is C[C@H](NP(=O)(OC[C@H]1O[C@@H](n2cnc3c(=S)nc(N)[nH]c32)[C@@H](O)C1O)Oc1ccccc1)C(=O)OCc1ccccc1. The zero-order chi connectivity index (χ0) is 29.9. The van der Waals surface area contributed by atoms with Gasteiger partial charge in [-0.2, -0.15) is 5.09 Å². The maximum absolute atomic E-state index is 13.9. The molecule has 1 aliphatic rings. The van der Waals surface area contributed by atoms with Crippen LogP contribution in [0.3, 0.4) is 0 Å². The number of nitrogens with one attached hydrogen (secondary N) is 2. The molecule has 1 saturated heterocycles. The lowest BCUT2D eigenvalue weighted by molar-refractivity contribution is -0.146. The lowest BCUT2D eigenvalue weighted by Gasteiger charge is -2.24. The van der Waals surface area contributed by atoms with Crippen molar-refractivity contribution in [3.05, 3.63) is 77.2 Å². The van der Waals surface area contributed by atoms with Crippen LogP contribution in [0, 0.1) is 4.64 Å². The summed E-state index contributed by atoms with van der Waals surface area (Å²) in [5, 5.41) is 24.1. The summed E-state index contributed by atoms with van der Waals surface area (Å²) in [5.41, 5.74) is 7.21. The third-order valence-corrected chi connectivity index (χ3v) is 8.31. The van der Waals surface area contributed by atoms with Crippen LogP contribution < -0.4 is 15.3 Å². The second-order valence-corrected chi connectivity index (χ2v) is 11.5. The molecule has 2 unspecified atom stereocenters. The zero-order valence-electron chi connectivity index (χ0n) is 22.3. The van der Waals surface area contributed by atoms with Crippen LogP contribution in [-0.2, 0) is 30.0 Å². The van der Waals surface area contributed by atoms with E-state index in [0.717, 1.165) is 5.56 Å². The molecule has 6 atom stereocenters. The Balaban J connectivity index is 1.29. The first kappa shape index (κ1) is 29.8. The van der Waals surface area contributed by atoms with Crippen LogP contribution in [-0.4, -0.2) is 66.7 Å². The first-order valence-electron chi connectivity index (χ1n) is 12.8. The monoisotopic (exact) mass is 616 g/mol. The molecule has 5 rings (SSSR count). The minimum absolute atomic E-state index is 0.0206. The minimum atomic E-state index is -4.27. The van der Waals surface area contributed by atoms with Gasteiger partial charge in [-0.05, 0) is 24.6 Å². The van der Waals surface area contributed by atoms with Gasteiger partial charge in [-0.25, -0.2) is 14.5 Å². The van der Waals surface area contributed by atoms with Gasteiger partial charge >= 0.3 is 13.7 Å². The van der Waals surface area contributed by atoms with Gasteiger partial charge in [0.15, 0.2) is 16.8 Å². The summed E-state index contributed by atoms with van der Waals surface area (Å²) in [5.74, 6) is -0.455. The first-order valence-corrected chi connectivity index (χ1v) is 14.8. The van der Waals surface area contributed by atoms with Gasteiger partial charge in [0.25, 0.3) is 0 Å². The molecular weight excluding hydrogens is 587 g/mol. The molecule has 0 spiro atoms. The van der Waals surface area contributed by atoms with Crippen LogP contribution in [0.5, 0.6) is 5.75 Å². The number of carbonyl (C=O) groups is 1. The van der Waals surface area contributed by atoms with Crippen LogP contribution in [0.4, 0.5) is 5.95 Å². The Morgan fingerprint density at radius 3 is 2.60 bits per heavy atom. The van der Waals surface area contributed by atoms with Crippen molar-refractivity contribution in [2.45, 2.75) is 44.1 Å². The summed E-state index contributed by atoms with van der Waals surface area (Å²) in [6, 6.07) is 16.2. The van der Waals surface area contributed by atoms with E-state index in [9.17, 15) is 19.6 Å². The highest BCUT2D eigenvalue weighted by atomic mass is 32.1. The number of benzene rings is 2. The molecule has 0 aliphatic carbocycles. The maximum atomic E-state index is 13.9. The minimum Gasteiger partial charge on any atom is -0.460 e. The normalized spacial score (nSPS) is 22.5. The Morgan fingerprint density at radius 2 is 1.88 bits per heavy atom. The fourth-order valence-electron chi connectivity index (χ4n) is 4.27. The van der Waals surface area contributed by atoms with E-state index in [1.165, 1.54) is 17.8 Å². The van der Waals surface area contributed by atoms with Crippen molar-refractivity contribution in [3.63, 3.8) is 0 Å². The molecule has 6 N–H and O–H groups in total. The summed E-state index contributed by atoms with van der Waals surface area (Å²) in [4.78, 5) is 23.6. The van der Waals surface area contributed by atoms with E-state index in [1.54, 1.807) is 42.5 Å². The Morgan fingerprint density at radius 1 is 1.19 bits per heavy atom. The lowest BCUT2D eigenvalue weighted by atomic mass is 10.1. The first-order chi connectivity index (χ1) is 20.1. The third-order valence-electron chi connectivity index (χ3n) is 6.38. The van der Waals surface area contributed by atoms with Crippen LogP contribution >= 0.6 is 20.0 Å². The number of esters is 1. The number of rotatable bonds is 11. The highest BCUT2D eigenvalue weighted by Crippen LogP contribution is 2.46. The number of para-hydroxylation sites is 1. The molecule has 1 fully saturated rings. The number of hydrogen-bond donors (Lipinski definition) is 5. The van der Waals surface area contributed by atoms with Gasteiger partial charge in [-0.15, -0.1) is 0 Å². The number of hydrogen-bond acceptors (Lipinski definition) is 12. The Kier molecular flexibility index (Phi) is 8.99. The Bertz CT molecular complexity index is 1640. The largest absolute Gasteiger partial charge is 0.460 e. The third kappa shape index (κ3) is 6.68. The molecule has 0 saturated carbocycles. The summed E-state index contributed by atoms with van der Waals surface area (Å²) < 4.78 is 38.0. The van der Waals surface area contributed by atoms with Gasteiger partial charge in [-0.1, -0.05) is 60.7 Å². The number of nitrogen functional groups attached to an aromatic ring is 1. The number of ether oxygens (including phenoxy) is 2. The van der Waals surface area contributed by atoms with Gasteiger partial charge in [0, 0.05) is 0 Å². The average Bonchev–Trinajstić information content (AvgIpc) is 3.52. The number of H-pyrrole nitrogens is 1. The zero-order valence-corrected chi connectivity index (χ0v) is 24.0. The summed E-state index contributed by atoms with van der Waals surface area (Å²) >= 11 is 5.19.